The maximum Gasteiger partial charge on any atom is 0.407 e. The highest BCUT2D eigenvalue weighted by atomic mass is 16.7. The summed E-state index contributed by atoms with van der Waals surface area (Å²) in [5.74, 6) is -0.530. The molecule has 208 valence electrons. The van der Waals surface area contributed by atoms with E-state index in [9.17, 15) is 14.7 Å². The Kier molecular flexibility index (Phi) is 6.76. The van der Waals surface area contributed by atoms with Crippen molar-refractivity contribution in [2.75, 3.05) is 40.8 Å². The van der Waals surface area contributed by atoms with Crippen LogP contribution >= 0.6 is 0 Å². The molecule has 3 heterocycles. The zero-order valence-corrected chi connectivity index (χ0v) is 21.8. The fourth-order valence-corrected chi connectivity index (χ4v) is 6.12. The zero-order valence-electron chi connectivity index (χ0n) is 21.8. The number of carbonyl (C=O) groups excluding carboxylic acids is 2. The Morgan fingerprint density at radius 1 is 1.03 bits per heavy atom. The Bertz CT molecular complexity index is 1250. The van der Waals surface area contributed by atoms with Gasteiger partial charge in [-0.25, -0.2) is 4.79 Å². The summed E-state index contributed by atoms with van der Waals surface area (Å²) in [6.45, 7) is 1.01. The molecule has 11 heteroatoms. The van der Waals surface area contributed by atoms with Crippen LogP contribution in [0.3, 0.4) is 0 Å². The van der Waals surface area contributed by atoms with Gasteiger partial charge in [-0.15, -0.1) is 0 Å². The first-order valence-electron chi connectivity index (χ1n) is 13.1. The van der Waals surface area contributed by atoms with Crippen LogP contribution in [0.1, 0.15) is 47.9 Å². The quantitative estimate of drug-likeness (QED) is 0.525. The van der Waals surface area contributed by atoms with E-state index >= 15 is 0 Å². The molecule has 1 unspecified atom stereocenters. The number of amides is 1. The van der Waals surface area contributed by atoms with Gasteiger partial charge in [-0.1, -0.05) is 0 Å². The molecular formula is C28H31NO10. The number of phenols is 1. The highest BCUT2D eigenvalue weighted by molar-refractivity contribution is 5.79. The molecule has 1 aliphatic carbocycles. The summed E-state index contributed by atoms with van der Waals surface area (Å²) in [5.41, 5.74) is 2.21. The van der Waals surface area contributed by atoms with Crippen molar-refractivity contribution in [2.24, 2.45) is 11.8 Å². The molecule has 0 saturated carbocycles. The van der Waals surface area contributed by atoms with Crippen LogP contribution in [0, 0.1) is 11.8 Å². The largest absolute Gasteiger partial charge is 0.502 e. The predicted octanol–water partition coefficient (Wildman–Crippen LogP) is 3.41. The molecule has 2 N–H and O–H groups in total. The number of fused-ring (bicyclic) bond motifs is 3. The van der Waals surface area contributed by atoms with Gasteiger partial charge in [0.15, 0.2) is 23.0 Å². The summed E-state index contributed by atoms with van der Waals surface area (Å²) in [7, 11) is 2.89. The van der Waals surface area contributed by atoms with E-state index in [2.05, 4.69) is 5.32 Å². The van der Waals surface area contributed by atoms with Crippen LogP contribution in [0.25, 0.3) is 0 Å². The zero-order chi connectivity index (χ0) is 27.1. The standard InChI is InChI=1S/C28H31NO10/c1-33-21-7-14(8-22(34-2)26(21)30)23-16-9-19-20(39-13-38-19)10-17(16)25(18-12-36-27(31)24(18)23)29-28(32)37-11-15-5-3-4-6-35-15/h7-10,15,18,23-25,30H,3-6,11-13H2,1-2H3,(H,29,32)/t15?,18-,23+,24-,25+/m0/s1. The highest BCUT2D eigenvalue weighted by Gasteiger charge is 2.53. The van der Waals surface area contributed by atoms with E-state index in [1.54, 1.807) is 12.1 Å². The summed E-state index contributed by atoms with van der Waals surface area (Å²) in [4.78, 5) is 26.2. The number of methoxy groups -OCH3 is 2. The Hall–Kier alpha value is -3.86. The normalized spacial score (nSPS) is 26.7. The number of cyclic esters (lactones) is 1. The molecule has 2 fully saturated rings. The number of carbonyl (C=O) groups is 2. The van der Waals surface area contributed by atoms with Crippen LogP contribution in [-0.2, 0) is 19.0 Å². The molecule has 4 aliphatic rings. The second kappa shape index (κ2) is 10.4. The number of benzene rings is 2. The molecule has 2 aromatic rings. The van der Waals surface area contributed by atoms with Gasteiger partial charge in [-0.05, 0) is 60.2 Å². The maximum atomic E-state index is 13.2. The van der Waals surface area contributed by atoms with E-state index in [1.165, 1.54) is 14.2 Å². The van der Waals surface area contributed by atoms with Crippen molar-refractivity contribution in [1.82, 2.24) is 5.32 Å². The maximum absolute atomic E-state index is 13.2. The molecule has 11 nitrogen and oxygen atoms in total. The third-order valence-corrected chi connectivity index (χ3v) is 8.00. The van der Waals surface area contributed by atoms with E-state index in [1.807, 2.05) is 12.1 Å². The molecule has 0 spiro atoms. The average Bonchev–Trinajstić information content (AvgIpc) is 3.58. The lowest BCUT2D eigenvalue weighted by Crippen LogP contribution is -2.43. The number of ether oxygens (including phenoxy) is 7. The molecule has 0 bridgehead atoms. The lowest BCUT2D eigenvalue weighted by Gasteiger charge is -2.39. The van der Waals surface area contributed by atoms with Gasteiger partial charge in [0.1, 0.15) is 6.61 Å². The minimum absolute atomic E-state index is 0.0696. The monoisotopic (exact) mass is 541 g/mol. The number of nitrogens with one attached hydrogen (secondary N) is 1. The molecule has 2 saturated heterocycles. The Labute approximate surface area is 225 Å². The van der Waals surface area contributed by atoms with E-state index in [-0.39, 0.29) is 55.2 Å². The smallest absolute Gasteiger partial charge is 0.407 e. The van der Waals surface area contributed by atoms with Crippen molar-refractivity contribution in [2.45, 2.75) is 37.3 Å². The van der Waals surface area contributed by atoms with Crippen LogP contribution in [0.4, 0.5) is 4.79 Å². The molecular weight excluding hydrogens is 510 g/mol. The van der Waals surface area contributed by atoms with E-state index < -0.39 is 24.0 Å². The fourth-order valence-electron chi connectivity index (χ4n) is 6.12. The van der Waals surface area contributed by atoms with Gasteiger partial charge < -0.3 is 43.6 Å². The van der Waals surface area contributed by atoms with Crippen LogP contribution in [0.2, 0.25) is 0 Å². The summed E-state index contributed by atoms with van der Waals surface area (Å²) >= 11 is 0. The number of esters is 1. The van der Waals surface area contributed by atoms with Crippen molar-refractivity contribution < 1.29 is 47.9 Å². The Morgan fingerprint density at radius 3 is 2.41 bits per heavy atom. The van der Waals surface area contributed by atoms with Gasteiger partial charge in [0.2, 0.25) is 12.5 Å². The number of phenolic OH excluding ortho intramolecular Hbond substituents is 1. The number of rotatable bonds is 6. The van der Waals surface area contributed by atoms with Gasteiger partial charge in [-0.3, -0.25) is 4.79 Å². The summed E-state index contributed by atoms with van der Waals surface area (Å²) in [6, 6.07) is 6.47. The molecule has 3 aliphatic heterocycles. The third-order valence-electron chi connectivity index (χ3n) is 8.00. The van der Waals surface area contributed by atoms with E-state index in [0.29, 0.717) is 23.7 Å². The van der Waals surface area contributed by atoms with Gasteiger partial charge >= 0.3 is 12.1 Å². The molecule has 5 atom stereocenters. The second-order valence-electron chi connectivity index (χ2n) is 10.1. The van der Waals surface area contributed by atoms with E-state index in [4.69, 9.17) is 33.2 Å². The molecule has 0 aromatic heterocycles. The Balaban J connectivity index is 1.39. The molecule has 6 rings (SSSR count). The lowest BCUT2D eigenvalue weighted by atomic mass is 9.65. The number of alkyl carbamates (subject to hydrolysis) is 1. The van der Waals surface area contributed by atoms with Crippen LogP contribution in [0.5, 0.6) is 28.7 Å². The van der Waals surface area contributed by atoms with E-state index in [0.717, 1.165) is 30.4 Å². The van der Waals surface area contributed by atoms with Gasteiger partial charge in [0.05, 0.1) is 38.9 Å². The number of aromatic hydroxyl groups is 1. The summed E-state index contributed by atoms with van der Waals surface area (Å²) in [6.07, 6.45) is 2.18. The van der Waals surface area contributed by atoms with Crippen molar-refractivity contribution in [3.8, 4) is 28.7 Å². The minimum atomic E-state index is -0.635. The SMILES string of the molecule is COc1cc([C@@H]2c3cc4c(cc3[C@@H](NC(=O)OCC3CCCCO3)[C@H]3COC(=O)[C@H]23)OCO4)cc(OC)c1O. The average molecular weight is 542 g/mol. The van der Waals surface area contributed by atoms with Crippen LogP contribution in [0.15, 0.2) is 24.3 Å². The first-order valence-corrected chi connectivity index (χ1v) is 13.1. The molecule has 39 heavy (non-hydrogen) atoms. The first kappa shape index (κ1) is 25.4. The van der Waals surface area contributed by atoms with Crippen molar-refractivity contribution in [3.63, 3.8) is 0 Å². The van der Waals surface area contributed by atoms with Crippen LogP contribution < -0.4 is 24.3 Å². The summed E-state index contributed by atoms with van der Waals surface area (Å²) < 4.78 is 38.9. The minimum Gasteiger partial charge on any atom is -0.502 e. The van der Waals surface area contributed by atoms with Crippen molar-refractivity contribution >= 4 is 12.1 Å². The fraction of sp³-hybridized carbons (Fsp3) is 0.500. The van der Waals surface area contributed by atoms with Gasteiger partial charge in [0, 0.05) is 18.4 Å². The van der Waals surface area contributed by atoms with Crippen LogP contribution in [-0.4, -0.2) is 64.1 Å². The molecule has 1 amide bonds. The van der Waals surface area contributed by atoms with Crippen molar-refractivity contribution in [1.29, 1.82) is 0 Å². The van der Waals surface area contributed by atoms with Crippen molar-refractivity contribution in [3.05, 3.63) is 41.0 Å². The number of hydrogen-bond donors (Lipinski definition) is 2. The summed E-state index contributed by atoms with van der Waals surface area (Å²) in [5, 5.41) is 13.5. The predicted molar refractivity (Wildman–Crippen MR) is 134 cm³/mol. The topological polar surface area (TPSA) is 131 Å². The van der Waals surface area contributed by atoms with Gasteiger partial charge in [-0.2, -0.15) is 0 Å². The first-order chi connectivity index (χ1) is 19.0. The highest BCUT2D eigenvalue weighted by Crippen LogP contribution is 2.55. The molecule has 0 radical (unpaired) electrons. The number of hydrogen-bond acceptors (Lipinski definition) is 10. The molecule has 2 aromatic carbocycles. The second-order valence-corrected chi connectivity index (χ2v) is 10.1. The third kappa shape index (κ3) is 4.54. The Morgan fingerprint density at radius 2 is 1.74 bits per heavy atom. The lowest BCUT2D eigenvalue weighted by molar-refractivity contribution is -0.141. The van der Waals surface area contributed by atoms with Gasteiger partial charge in [0.25, 0.3) is 0 Å².